The highest BCUT2D eigenvalue weighted by molar-refractivity contribution is 5.18. The largest absolute Gasteiger partial charge is 0.378 e. The number of nitrogens with one attached hydrogen (secondary N) is 1. The van der Waals surface area contributed by atoms with Gasteiger partial charge in [0.25, 0.3) is 0 Å². The number of ether oxygens (including phenoxy) is 1. The van der Waals surface area contributed by atoms with Gasteiger partial charge >= 0.3 is 0 Å². The van der Waals surface area contributed by atoms with Crippen LogP contribution in [0.3, 0.4) is 0 Å². The second-order valence-electron chi connectivity index (χ2n) is 4.36. The zero-order valence-corrected chi connectivity index (χ0v) is 9.88. The fraction of sp³-hybridized carbons (Fsp3) is 0.538. The van der Waals surface area contributed by atoms with Gasteiger partial charge in [0, 0.05) is 30.8 Å². The summed E-state index contributed by atoms with van der Waals surface area (Å²) in [7, 11) is 0. The molecule has 1 aromatic carbocycles. The molecular formula is C13H17F2NO. The third-order valence-electron chi connectivity index (χ3n) is 3.09. The molecule has 2 nitrogen and oxygen atoms in total. The summed E-state index contributed by atoms with van der Waals surface area (Å²) >= 11 is 0. The van der Waals surface area contributed by atoms with E-state index in [0.29, 0.717) is 24.3 Å². The maximum atomic E-state index is 13.3. The van der Waals surface area contributed by atoms with Crippen molar-refractivity contribution in [3.05, 3.63) is 35.4 Å². The number of rotatable bonds is 5. The van der Waals surface area contributed by atoms with Crippen molar-refractivity contribution in [2.45, 2.75) is 38.5 Å². The molecule has 17 heavy (non-hydrogen) atoms. The molecule has 1 aliphatic carbocycles. The predicted octanol–water partition coefficient (Wildman–Crippen LogP) is 2.62. The molecule has 0 radical (unpaired) electrons. The van der Waals surface area contributed by atoms with Gasteiger partial charge in [0.15, 0.2) is 0 Å². The molecule has 1 fully saturated rings. The molecule has 1 saturated carbocycles. The topological polar surface area (TPSA) is 21.3 Å². The standard InChI is InChI=1S/C13H17F2NO/c1-2-17-12-6-11(7-12)16-8-9-3-4-10(14)5-13(9)15/h3-5,11-12,16H,2,6-8H2,1H3. The van der Waals surface area contributed by atoms with Crippen molar-refractivity contribution < 1.29 is 13.5 Å². The summed E-state index contributed by atoms with van der Waals surface area (Å²) in [5.41, 5.74) is 0.506. The van der Waals surface area contributed by atoms with Crippen molar-refractivity contribution in [2.24, 2.45) is 0 Å². The van der Waals surface area contributed by atoms with Gasteiger partial charge in [-0.15, -0.1) is 0 Å². The maximum absolute atomic E-state index is 13.3. The lowest BCUT2D eigenvalue weighted by atomic mass is 9.89. The summed E-state index contributed by atoms with van der Waals surface area (Å²) in [5.74, 6) is -1.02. The van der Waals surface area contributed by atoms with Crippen LogP contribution in [-0.4, -0.2) is 18.8 Å². The van der Waals surface area contributed by atoms with E-state index in [1.54, 1.807) is 0 Å². The zero-order valence-electron chi connectivity index (χ0n) is 9.88. The molecule has 4 heteroatoms. The molecule has 94 valence electrons. The maximum Gasteiger partial charge on any atom is 0.130 e. The third kappa shape index (κ3) is 3.23. The van der Waals surface area contributed by atoms with E-state index in [4.69, 9.17) is 4.74 Å². The van der Waals surface area contributed by atoms with Crippen molar-refractivity contribution >= 4 is 0 Å². The molecule has 1 aromatic rings. The number of hydrogen-bond acceptors (Lipinski definition) is 2. The molecule has 0 aromatic heterocycles. The Balaban J connectivity index is 1.76. The van der Waals surface area contributed by atoms with Gasteiger partial charge in [0.1, 0.15) is 11.6 Å². The van der Waals surface area contributed by atoms with Crippen LogP contribution in [0.2, 0.25) is 0 Å². The first kappa shape index (κ1) is 12.5. The van der Waals surface area contributed by atoms with E-state index in [-0.39, 0.29) is 0 Å². The van der Waals surface area contributed by atoms with Crippen molar-refractivity contribution in [2.75, 3.05) is 6.61 Å². The van der Waals surface area contributed by atoms with Crippen LogP contribution in [0, 0.1) is 11.6 Å². The average Bonchev–Trinajstić information content (AvgIpc) is 2.23. The van der Waals surface area contributed by atoms with Gasteiger partial charge in [-0.05, 0) is 25.8 Å². The Hall–Kier alpha value is -1.00. The van der Waals surface area contributed by atoms with Crippen LogP contribution in [-0.2, 0) is 11.3 Å². The van der Waals surface area contributed by atoms with E-state index in [1.807, 2.05) is 6.92 Å². The molecule has 0 saturated heterocycles. The van der Waals surface area contributed by atoms with E-state index in [1.165, 1.54) is 12.1 Å². The monoisotopic (exact) mass is 241 g/mol. The van der Waals surface area contributed by atoms with Crippen LogP contribution in [0.4, 0.5) is 8.78 Å². The minimum atomic E-state index is -0.536. The second-order valence-corrected chi connectivity index (χ2v) is 4.36. The first-order valence-electron chi connectivity index (χ1n) is 5.98. The average molecular weight is 241 g/mol. The Labute approximate surface area is 100.0 Å². The molecule has 1 aliphatic rings. The Kier molecular flexibility index (Phi) is 4.07. The molecule has 0 bridgehead atoms. The molecule has 0 aliphatic heterocycles. The number of halogens is 2. The zero-order chi connectivity index (χ0) is 12.3. The Morgan fingerprint density at radius 2 is 2.12 bits per heavy atom. The Morgan fingerprint density at radius 3 is 2.76 bits per heavy atom. The van der Waals surface area contributed by atoms with Gasteiger partial charge in [0.05, 0.1) is 6.10 Å². The van der Waals surface area contributed by atoms with Crippen LogP contribution in [0.1, 0.15) is 25.3 Å². The van der Waals surface area contributed by atoms with E-state index in [9.17, 15) is 8.78 Å². The number of benzene rings is 1. The number of hydrogen-bond donors (Lipinski definition) is 1. The van der Waals surface area contributed by atoms with Gasteiger partial charge in [-0.1, -0.05) is 6.07 Å². The first-order valence-corrected chi connectivity index (χ1v) is 5.98. The molecule has 2 rings (SSSR count). The van der Waals surface area contributed by atoms with Crippen LogP contribution in [0.15, 0.2) is 18.2 Å². The molecule has 1 N–H and O–H groups in total. The predicted molar refractivity (Wildman–Crippen MR) is 61.6 cm³/mol. The molecular weight excluding hydrogens is 224 g/mol. The highest BCUT2D eigenvalue weighted by Crippen LogP contribution is 2.23. The van der Waals surface area contributed by atoms with Crippen molar-refractivity contribution in [3.63, 3.8) is 0 Å². The van der Waals surface area contributed by atoms with Gasteiger partial charge in [-0.3, -0.25) is 0 Å². The minimum Gasteiger partial charge on any atom is -0.378 e. The van der Waals surface area contributed by atoms with Gasteiger partial charge < -0.3 is 10.1 Å². The summed E-state index contributed by atoms with van der Waals surface area (Å²) in [4.78, 5) is 0. The highest BCUT2D eigenvalue weighted by Gasteiger charge is 2.28. The molecule has 0 amide bonds. The second kappa shape index (κ2) is 5.56. The fourth-order valence-electron chi connectivity index (χ4n) is 2.02. The fourth-order valence-corrected chi connectivity index (χ4v) is 2.02. The lowest BCUT2D eigenvalue weighted by molar-refractivity contribution is -0.0102. The van der Waals surface area contributed by atoms with Crippen LogP contribution in [0.5, 0.6) is 0 Å². The first-order chi connectivity index (χ1) is 8.19. The molecule has 0 atom stereocenters. The van der Waals surface area contributed by atoms with Gasteiger partial charge in [0.2, 0.25) is 0 Å². The molecule has 0 unspecified atom stereocenters. The minimum absolute atomic E-state index is 0.343. The van der Waals surface area contributed by atoms with Crippen LogP contribution >= 0.6 is 0 Å². The Morgan fingerprint density at radius 1 is 1.35 bits per heavy atom. The van der Waals surface area contributed by atoms with Crippen molar-refractivity contribution in [1.82, 2.24) is 5.32 Å². The summed E-state index contributed by atoms with van der Waals surface area (Å²) in [6, 6.07) is 4.07. The summed E-state index contributed by atoms with van der Waals surface area (Å²) in [5, 5.41) is 3.24. The van der Waals surface area contributed by atoms with Crippen molar-refractivity contribution in [1.29, 1.82) is 0 Å². The van der Waals surface area contributed by atoms with Gasteiger partial charge in [-0.25, -0.2) is 8.78 Å². The van der Waals surface area contributed by atoms with E-state index in [0.717, 1.165) is 25.5 Å². The quantitative estimate of drug-likeness (QED) is 0.855. The lowest BCUT2D eigenvalue weighted by Crippen LogP contribution is -2.45. The Bertz CT molecular complexity index is 378. The normalized spacial score (nSPS) is 23.5. The molecule has 0 spiro atoms. The smallest absolute Gasteiger partial charge is 0.130 e. The lowest BCUT2D eigenvalue weighted by Gasteiger charge is -2.35. The van der Waals surface area contributed by atoms with E-state index >= 15 is 0 Å². The van der Waals surface area contributed by atoms with Gasteiger partial charge in [-0.2, -0.15) is 0 Å². The third-order valence-corrected chi connectivity index (χ3v) is 3.09. The highest BCUT2D eigenvalue weighted by atomic mass is 19.1. The summed E-state index contributed by atoms with van der Waals surface area (Å²) in [6.07, 6.45) is 2.28. The van der Waals surface area contributed by atoms with Crippen LogP contribution < -0.4 is 5.32 Å². The summed E-state index contributed by atoms with van der Waals surface area (Å²) in [6.45, 7) is 3.16. The van der Waals surface area contributed by atoms with E-state index in [2.05, 4.69) is 5.32 Å². The van der Waals surface area contributed by atoms with Crippen LogP contribution in [0.25, 0.3) is 0 Å². The molecule has 0 heterocycles. The summed E-state index contributed by atoms with van der Waals surface area (Å²) < 4.78 is 31.4. The van der Waals surface area contributed by atoms with Crippen molar-refractivity contribution in [3.8, 4) is 0 Å². The SMILES string of the molecule is CCOC1CC(NCc2ccc(F)cc2F)C1. The van der Waals surface area contributed by atoms with E-state index < -0.39 is 11.6 Å².